The van der Waals surface area contributed by atoms with Gasteiger partial charge in [0.05, 0.1) is 11.7 Å². The van der Waals surface area contributed by atoms with Crippen LogP contribution in [-0.4, -0.2) is 23.3 Å². The van der Waals surface area contributed by atoms with Crippen LogP contribution in [0.15, 0.2) is 24.3 Å². The van der Waals surface area contributed by atoms with Crippen molar-refractivity contribution in [3.8, 4) is 0 Å². The lowest BCUT2D eigenvalue weighted by atomic mass is 10.1. The summed E-state index contributed by atoms with van der Waals surface area (Å²) in [7, 11) is 0. The number of anilines is 2. The lowest BCUT2D eigenvalue weighted by Crippen LogP contribution is -2.36. The quantitative estimate of drug-likeness (QED) is 0.876. The minimum absolute atomic E-state index is 0.00677. The number of hydrogen-bond donors (Lipinski definition) is 1. The highest BCUT2D eigenvalue weighted by Crippen LogP contribution is 2.39. The Bertz CT molecular complexity index is 657. The second kappa shape index (κ2) is 5.87. The smallest absolute Gasteiger partial charge is 0.172 e. The second-order valence-electron chi connectivity index (χ2n) is 4.83. The highest BCUT2D eigenvalue weighted by molar-refractivity contribution is 6.36. The summed E-state index contributed by atoms with van der Waals surface area (Å²) in [6, 6.07) is 7.35. The Hall–Kier alpha value is -1.23. The van der Waals surface area contributed by atoms with Gasteiger partial charge >= 0.3 is 0 Å². The van der Waals surface area contributed by atoms with E-state index >= 15 is 0 Å². The Morgan fingerprint density at radius 2 is 1.90 bits per heavy atom. The molecule has 1 atom stereocenters. The molecule has 3 rings (SSSR count). The standard InChI is InChI=1S/C14H13Cl3N4/c1-8(13-9(15)3-2-4-10(13)16)21-6-5-18-14-11(21)7-12(17)19-20-14/h2-4,7-8H,5-6H2,1H3,(H,18,20)/t8-/m1/s1. The molecule has 0 saturated heterocycles. The number of benzene rings is 1. The van der Waals surface area contributed by atoms with Gasteiger partial charge in [0.1, 0.15) is 0 Å². The van der Waals surface area contributed by atoms with Gasteiger partial charge in [-0.15, -0.1) is 10.2 Å². The minimum atomic E-state index is 0.00677. The van der Waals surface area contributed by atoms with E-state index in [1.807, 2.05) is 18.2 Å². The maximum atomic E-state index is 6.32. The van der Waals surface area contributed by atoms with E-state index < -0.39 is 0 Å². The summed E-state index contributed by atoms with van der Waals surface area (Å²) >= 11 is 18.6. The third-order valence-electron chi connectivity index (χ3n) is 3.58. The molecule has 0 aliphatic carbocycles. The fraction of sp³-hybridized carbons (Fsp3) is 0.286. The molecule has 0 spiro atoms. The number of nitrogens with zero attached hydrogens (tertiary/aromatic N) is 3. The van der Waals surface area contributed by atoms with Crippen LogP contribution < -0.4 is 10.2 Å². The first-order valence-corrected chi connectivity index (χ1v) is 7.69. The normalized spacial score (nSPS) is 15.3. The van der Waals surface area contributed by atoms with Gasteiger partial charge in [-0.1, -0.05) is 40.9 Å². The first-order chi connectivity index (χ1) is 10.1. The van der Waals surface area contributed by atoms with Crippen molar-refractivity contribution in [3.05, 3.63) is 45.0 Å². The zero-order valence-corrected chi connectivity index (χ0v) is 13.5. The highest BCUT2D eigenvalue weighted by atomic mass is 35.5. The second-order valence-corrected chi connectivity index (χ2v) is 6.03. The summed E-state index contributed by atoms with van der Waals surface area (Å²) in [5.74, 6) is 0.723. The van der Waals surface area contributed by atoms with Crippen molar-refractivity contribution in [3.63, 3.8) is 0 Å². The van der Waals surface area contributed by atoms with E-state index in [0.29, 0.717) is 15.2 Å². The Kier molecular flexibility index (Phi) is 4.11. The predicted octanol–water partition coefficient (Wildman–Crippen LogP) is 4.43. The van der Waals surface area contributed by atoms with E-state index in [4.69, 9.17) is 34.8 Å². The molecule has 1 N–H and O–H groups in total. The van der Waals surface area contributed by atoms with Gasteiger partial charge < -0.3 is 10.2 Å². The van der Waals surface area contributed by atoms with Crippen LogP contribution in [0.4, 0.5) is 11.5 Å². The summed E-state index contributed by atoms with van der Waals surface area (Å²) in [4.78, 5) is 2.18. The molecule has 1 aromatic heterocycles. The average Bonchev–Trinajstić information content (AvgIpc) is 2.46. The van der Waals surface area contributed by atoms with Crippen LogP contribution in [0.3, 0.4) is 0 Å². The van der Waals surface area contributed by atoms with Crippen molar-refractivity contribution >= 4 is 46.3 Å². The van der Waals surface area contributed by atoms with Gasteiger partial charge in [0.2, 0.25) is 0 Å². The molecule has 1 aliphatic heterocycles. The van der Waals surface area contributed by atoms with Crippen molar-refractivity contribution in [2.45, 2.75) is 13.0 Å². The molecular formula is C14H13Cl3N4. The largest absolute Gasteiger partial charge is 0.365 e. The fourth-order valence-electron chi connectivity index (χ4n) is 2.59. The van der Waals surface area contributed by atoms with Crippen LogP contribution >= 0.6 is 34.8 Å². The topological polar surface area (TPSA) is 41.0 Å². The van der Waals surface area contributed by atoms with E-state index in [-0.39, 0.29) is 6.04 Å². The lowest BCUT2D eigenvalue weighted by molar-refractivity contribution is 0.663. The van der Waals surface area contributed by atoms with Crippen molar-refractivity contribution in [1.29, 1.82) is 0 Å². The molecule has 0 amide bonds. The van der Waals surface area contributed by atoms with Crippen molar-refractivity contribution < 1.29 is 0 Å². The fourth-order valence-corrected chi connectivity index (χ4v) is 3.44. The van der Waals surface area contributed by atoms with Crippen molar-refractivity contribution in [1.82, 2.24) is 10.2 Å². The van der Waals surface area contributed by atoms with Gasteiger partial charge in [-0.05, 0) is 19.1 Å². The maximum Gasteiger partial charge on any atom is 0.172 e. The van der Waals surface area contributed by atoms with Gasteiger partial charge in [0, 0.05) is 34.8 Å². The average molecular weight is 344 g/mol. The first kappa shape index (κ1) is 14.7. The summed E-state index contributed by atoms with van der Waals surface area (Å²) in [6.07, 6.45) is 0. The van der Waals surface area contributed by atoms with Crippen molar-refractivity contribution in [2.24, 2.45) is 0 Å². The minimum Gasteiger partial charge on any atom is -0.365 e. The Labute approximate surface area is 138 Å². The van der Waals surface area contributed by atoms with Crippen LogP contribution in [0.1, 0.15) is 18.5 Å². The van der Waals surface area contributed by atoms with E-state index in [2.05, 4.69) is 27.3 Å². The third kappa shape index (κ3) is 2.76. The summed E-state index contributed by atoms with van der Waals surface area (Å²) < 4.78 is 0. The van der Waals surface area contributed by atoms with Gasteiger partial charge in [-0.25, -0.2) is 0 Å². The number of hydrogen-bond acceptors (Lipinski definition) is 4. The van der Waals surface area contributed by atoms with E-state index in [9.17, 15) is 0 Å². The number of rotatable bonds is 2. The Balaban J connectivity index is 2.04. The Morgan fingerprint density at radius 3 is 2.62 bits per heavy atom. The van der Waals surface area contributed by atoms with Crippen LogP contribution in [0.5, 0.6) is 0 Å². The monoisotopic (exact) mass is 342 g/mol. The molecule has 7 heteroatoms. The van der Waals surface area contributed by atoms with Gasteiger partial charge in [0.25, 0.3) is 0 Å². The third-order valence-corrected chi connectivity index (χ3v) is 4.43. The number of aromatic nitrogens is 2. The number of nitrogens with one attached hydrogen (secondary N) is 1. The highest BCUT2D eigenvalue weighted by Gasteiger charge is 2.26. The molecule has 2 heterocycles. The van der Waals surface area contributed by atoms with E-state index in [1.165, 1.54) is 0 Å². The molecule has 0 radical (unpaired) electrons. The molecular weight excluding hydrogens is 331 g/mol. The van der Waals surface area contributed by atoms with Crippen molar-refractivity contribution in [2.75, 3.05) is 23.3 Å². The number of halogens is 3. The molecule has 0 fully saturated rings. The SMILES string of the molecule is C[C@H](c1c(Cl)cccc1Cl)N1CCNc2nnc(Cl)cc21. The molecule has 2 aromatic rings. The van der Waals surface area contributed by atoms with Crippen LogP contribution in [0.2, 0.25) is 15.2 Å². The summed E-state index contributed by atoms with van der Waals surface area (Å²) in [5.41, 5.74) is 1.81. The molecule has 4 nitrogen and oxygen atoms in total. The molecule has 0 bridgehead atoms. The first-order valence-electron chi connectivity index (χ1n) is 6.55. The molecule has 110 valence electrons. The zero-order chi connectivity index (χ0) is 15.0. The van der Waals surface area contributed by atoms with E-state index in [0.717, 1.165) is 30.2 Å². The van der Waals surface area contributed by atoms with Gasteiger partial charge in [0.15, 0.2) is 11.0 Å². The summed E-state index contributed by atoms with van der Waals surface area (Å²) in [6.45, 7) is 3.64. The zero-order valence-electron chi connectivity index (χ0n) is 11.3. The molecule has 1 aliphatic rings. The number of fused-ring (bicyclic) bond motifs is 1. The van der Waals surface area contributed by atoms with Crippen LogP contribution in [0.25, 0.3) is 0 Å². The van der Waals surface area contributed by atoms with Gasteiger partial charge in [-0.2, -0.15) is 0 Å². The molecule has 0 unspecified atom stereocenters. The van der Waals surface area contributed by atoms with Crippen LogP contribution in [-0.2, 0) is 0 Å². The predicted molar refractivity (Wildman–Crippen MR) is 87.8 cm³/mol. The molecule has 0 saturated carbocycles. The van der Waals surface area contributed by atoms with Crippen LogP contribution in [0, 0.1) is 0 Å². The molecule has 1 aromatic carbocycles. The Morgan fingerprint density at radius 1 is 1.19 bits per heavy atom. The van der Waals surface area contributed by atoms with Gasteiger partial charge in [-0.3, -0.25) is 0 Å². The molecule has 21 heavy (non-hydrogen) atoms. The maximum absolute atomic E-state index is 6.32. The lowest BCUT2D eigenvalue weighted by Gasteiger charge is -2.36. The van der Waals surface area contributed by atoms with E-state index in [1.54, 1.807) is 6.07 Å². The summed E-state index contributed by atoms with van der Waals surface area (Å²) in [5, 5.41) is 12.8.